The van der Waals surface area contributed by atoms with Crippen LogP contribution >= 0.6 is 11.3 Å². The van der Waals surface area contributed by atoms with E-state index in [4.69, 9.17) is 4.74 Å². The monoisotopic (exact) mass is 443 g/mol. The first-order valence-corrected chi connectivity index (χ1v) is 11.9. The van der Waals surface area contributed by atoms with E-state index < -0.39 is 0 Å². The number of piperidine rings is 1. The maximum Gasteiger partial charge on any atom is 0.273 e. The zero-order chi connectivity index (χ0) is 21.7. The number of aromatic nitrogens is 1. The van der Waals surface area contributed by atoms with Gasteiger partial charge in [0.05, 0.1) is 17.6 Å². The van der Waals surface area contributed by atoms with Gasteiger partial charge in [-0.3, -0.25) is 9.59 Å². The van der Waals surface area contributed by atoms with Crippen LogP contribution in [-0.4, -0.2) is 71.1 Å². The van der Waals surface area contributed by atoms with Crippen molar-refractivity contribution >= 4 is 23.2 Å². The van der Waals surface area contributed by atoms with Gasteiger partial charge in [0.15, 0.2) is 0 Å². The van der Waals surface area contributed by atoms with Crippen LogP contribution in [0.4, 0.5) is 0 Å². The fourth-order valence-electron chi connectivity index (χ4n) is 4.47. The molecule has 0 radical (unpaired) electrons. The summed E-state index contributed by atoms with van der Waals surface area (Å²) in [6, 6.07) is 7.29. The molecule has 3 aliphatic rings. The molecule has 8 heteroatoms. The van der Waals surface area contributed by atoms with Crippen molar-refractivity contribution in [1.29, 1.82) is 0 Å². The molecule has 2 bridgehead atoms. The quantitative estimate of drug-likeness (QED) is 0.771. The molecule has 1 saturated heterocycles. The average molecular weight is 444 g/mol. The number of carbonyl (C=O) groups excluding carboxylic acids is 2. The third-order valence-corrected chi connectivity index (χ3v) is 7.09. The Labute approximate surface area is 186 Å². The van der Waals surface area contributed by atoms with Crippen LogP contribution in [0.15, 0.2) is 35.2 Å². The molecule has 1 N–H and O–H groups in total. The zero-order valence-corrected chi connectivity index (χ0v) is 18.5. The van der Waals surface area contributed by atoms with Crippen molar-refractivity contribution in [2.45, 2.75) is 32.1 Å². The highest BCUT2D eigenvalue weighted by atomic mass is 32.1. The van der Waals surface area contributed by atoms with Gasteiger partial charge in [-0.05, 0) is 43.2 Å². The summed E-state index contributed by atoms with van der Waals surface area (Å²) in [7, 11) is 0. The van der Waals surface area contributed by atoms with Gasteiger partial charge in [-0.1, -0.05) is 18.6 Å². The van der Waals surface area contributed by atoms with Crippen molar-refractivity contribution in [3.63, 3.8) is 0 Å². The third-order valence-electron chi connectivity index (χ3n) is 6.51. The number of hydrogen-bond donors (Lipinski definition) is 1. The number of ether oxygens (including phenoxy) is 1. The molecule has 1 fully saturated rings. The maximum absolute atomic E-state index is 13.2. The Morgan fingerprint density at radius 3 is 2.68 bits per heavy atom. The van der Waals surface area contributed by atoms with Gasteiger partial charge in [-0.25, -0.2) is 4.98 Å². The zero-order valence-electron chi connectivity index (χ0n) is 17.7. The van der Waals surface area contributed by atoms with Gasteiger partial charge in [0.25, 0.3) is 11.8 Å². The SMILES string of the molecule is O=C(c1cscn1)N1CCCCC2(CO)CCN(CC2)C(=O)c2ccccc2OCC1. The molecule has 1 aromatic heterocycles. The Kier molecular flexibility index (Phi) is 6.87. The number of benzene rings is 1. The number of amides is 2. The van der Waals surface area contributed by atoms with Gasteiger partial charge in [0.2, 0.25) is 0 Å². The Bertz CT molecular complexity index is 894. The van der Waals surface area contributed by atoms with Gasteiger partial charge in [-0.15, -0.1) is 11.3 Å². The molecule has 0 spiro atoms. The van der Waals surface area contributed by atoms with Gasteiger partial charge in [0.1, 0.15) is 18.1 Å². The van der Waals surface area contributed by atoms with Crippen LogP contribution in [0.2, 0.25) is 0 Å². The standard InChI is InChI=1S/C23H29N3O4S/c27-16-23-7-3-4-10-25(22(29)19-15-31-17-24-19)13-14-30-20-6-2-1-5-18(20)21(28)26(11-8-23)12-9-23/h1-2,5-6,15,17,27H,3-4,7-14,16H2. The van der Waals surface area contributed by atoms with Crippen molar-refractivity contribution in [1.82, 2.24) is 14.8 Å². The second-order valence-corrected chi connectivity index (χ2v) is 9.14. The first-order chi connectivity index (χ1) is 15.1. The Balaban J connectivity index is 1.57. The molecule has 2 amide bonds. The van der Waals surface area contributed by atoms with E-state index in [-0.39, 0.29) is 23.8 Å². The van der Waals surface area contributed by atoms with E-state index >= 15 is 0 Å². The fraction of sp³-hybridized carbons (Fsp3) is 0.522. The molecule has 0 saturated carbocycles. The van der Waals surface area contributed by atoms with E-state index in [0.29, 0.717) is 49.8 Å². The molecule has 4 heterocycles. The summed E-state index contributed by atoms with van der Waals surface area (Å²) in [6.07, 6.45) is 4.27. The molecular formula is C23H29N3O4S. The second-order valence-electron chi connectivity index (χ2n) is 8.42. The van der Waals surface area contributed by atoms with Gasteiger partial charge in [0, 0.05) is 31.6 Å². The van der Waals surface area contributed by atoms with Gasteiger partial charge < -0.3 is 19.6 Å². The number of nitrogens with zero attached hydrogens (tertiary/aromatic N) is 3. The molecule has 0 atom stereocenters. The number of rotatable bonds is 2. The molecule has 0 unspecified atom stereocenters. The molecule has 1 aromatic carbocycles. The number of carbonyl (C=O) groups is 2. The average Bonchev–Trinajstić information content (AvgIpc) is 3.35. The minimum atomic E-state index is -0.142. The number of thiazole rings is 1. The minimum absolute atomic E-state index is 0.0348. The lowest BCUT2D eigenvalue weighted by Crippen LogP contribution is -2.44. The van der Waals surface area contributed by atoms with E-state index in [1.54, 1.807) is 27.9 Å². The Morgan fingerprint density at radius 1 is 1.13 bits per heavy atom. The highest BCUT2D eigenvalue weighted by Crippen LogP contribution is 2.37. The number of aliphatic hydroxyl groups is 1. The van der Waals surface area contributed by atoms with Crippen LogP contribution in [0, 0.1) is 5.41 Å². The predicted molar refractivity (Wildman–Crippen MR) is 118 cm³/mol. The minimum Gasteiger partial charge on any atom is -0.491 e. The predicted octanol–water partition coefficient (Wildman–Crippen LogP) is 3.06. The van der Waals surface area contributed by atoms with E-state index in [1.807, 2.05) is 17.0 Å². The lowest BCUT2D eigenvalue weighted by molar-refractivity contribution is 0.0297. The van der Waals surface area contributed by atoms with E-state index in [0.717, 1.165) is 32.1 Å². The summed E-state index contributed by atoms with van der Waals surface area (Å²) in [6.45, 7) is 2.77. The number of para-hydroxylation sites is 1. The molecule has 5 rings (SSSR count). The van der Waals surface area contributed by atoms with Crippen LogP contribution in [-0.2, 0) is 0 Å². The molecule has 31 heavy (non-hydrogen) atoms. The number of fused-ring (bicyclic) bond motifs is 9. The second kappa shape index (κ2) is 9.78. The highest BCUT2D eigenvalue weighted by Gasteiger charge is 2.36. The van der Waals surface area contributed by atoms with Crippen molar-refractivity contribution in [3.05, 3.63) is 46.4 Å². The summed E-state index contributed by atoms with van der Waals surface area (Å²) in [5, 5.41) is 11.9. The Hall–Kier alpha value is -2.45. The van der Waals surface area contributed by atoms with Crippen LogP contribution < -0.4 is 4.74 Å². The fourth-order valence-corrected chi connectivity index (χ4v) is 5.00. The van der Waals surface area contributed by atoms with Gasteiger partial charge in [-0.2, -0.15) is 0 Å². The van der Waals surface area contributed by atoms with Crippen LogP contribution in [0.5, 0.6) is 5.75 Å². The summed E-state index contributed by atoms with van der Waals surface area (Å²) in [4.78, 5) is 33.9. The molecule has 2 aromatic rings. The smallest absolute Gasteiger partial charge is 0.273 e. The summed E-state index contributed by atoms with van der Waals surface area (Å²) >= 11 is 1.40. The first kappa shape index (κ1) is 21.8. The number of hydrogen-bond acceptors (Lipinski definition) is 6. The summed E-state index contributed by atoms with van der Waals surface area (Å²) < 4.78 is 5.98. The molecular weight excluding hydrogens is 414 g/mol. The van der Waals surface area contributed by atoms with E-state index in [1.165, 1.54) is 11.3 Å². The first-order valence-electron chi connectivity index (χ1n) is 10.9. The van der Waals surface area contributed by atoms with Crippen molar-refractivity contribution in [3.8, 4) is 5.75 Å². The van der Waals surface area contributed by atoms with Crippen LogP contribution in [0.25, 0.3) is 0 Å². The van der Waals surface area contributed by atoms with Crippen molar-refractivity contribution < 1.29 is 19.4 Å². The maximum atomic E-state index is 13.2. The third kappa shape index (κ3) is 4.91. The lowest BCUT2D eigenvalue weighted by Gasteiger charge is -2.41. The Morgan fingerprint density at radius 2 is 1.94 bits per heavy atom. The van der Waals surface area contributed by atoms with E-state index in [2.05, 4.69) is 4.98 Å². The summed E-state index contributed by atoms with van der Waals surface area (Å²) in [5.74, 6) is 0.414. The van der Waals surface area contributed by atoms with Gasteiger partial charge >= 0.3 is 0 Å². The van der Waals surface area contributed by atoms with Crippen LogP contribution in [0.3, 0.4) is 0 Å². The van der Waals surface area contributed by atoms with Crippen molar-refractivity contribution in [2.75, 3.05) is 39.4 Å². The normalized spacial score (nSPS) is 19.8. The van der Waals surface area contributed by atoms with E-state index in [9.17, 15) is 14.7 Å². The largest absolute Gasteiger partial charge is 0.491 e. The molecule has 0 aliphatic carbocycles. The topological polar surface area (TPSA) is 83.0 Å². The molecule has 3 aliphatic heterocycles. The van der Waals surface area contributed by atoms with Crippen LogP contribution in [0.1, 0.15) is 53.0 Å². The molecule has 166 valence electrons. The highest BCUT2D eigenvalue weighted by molar-refractivity contribution is 7.07. The number of aliphatic hydroxyl groups excluding tert-OH is 1. The lowest BCUT2D eigenvalue weighted by atomic mass is 9.75. The molecule has 7 nitrogen and oxygen atoms in total. The summed E-state index contributed by atoms with van der Waals surface area (Å²) in [5.41, 5.74) is 2.52. The van der Waals surface area contributed by atoms with Crippen molar-refractivity contribution in [2.24, 2.45) is 5.41 Å².